The quantitative estimate of drug-likeness (QED) is 0.735. The van der Waals surface area contributed by atoms with Gasteiger partial charge in [0.1, 0.15) is 18.1 Å². The molecule has 0 aliphatic carbocycles. The van der Waals surface area contributed by atoms with E-state index in [1.165, 1.54) is 0 Å². The minimum absolute atomic E-state index is 0.000796. The van der Waals surface area contributed by atoms with Gasteiger partial charge in [0.2, 0.25) is 5.91 Å². The molecule has 1 saturated heterocycles. The van der Waals surface area contributed by atoms with Crippen molar-refractivity contribution in [2.45, 2.75) is 20.5 Å². The molecule has 0 saturated carbocycles. The summed E-state index contributed by atoms with van der Waals surface area (Å²) in [5.74, 6) is 1.52. The summed E-state index contributed by atoms with van der Waals surface area (Å²) >= 11 is 0. The van der Waals surface area contributed by atoms with Crippen molar-refractivity contribution in [2.75, 3.05) is 46.8 Å². The van der Waals surface area contributed by atoms with Gasteiger partial charge < -0.3 is 19.1 Å². The van der Waals surface area contributed by atoms with E-state index in [2.05, 4.69) is 10.1 Å². The SMILES string of the molecule is Cc1noc(C)c1COc1ccc(C(=O)N2CCN(CC(=O)N(C)C)CC2)cc1. The Morgan fingerprint density at radius 3 is 2.31 bits per heavy atom. The molecule has 1 aromatic carbocycles. The number of likely N-dealkylation sites (N-methyl/N-ethyl adjacent to an activating group) is 1. The zero-order valence-corrected chi connectivity index (χ0v) is 17.5. The van der Waals surface area contributed by atoms with E-state index in [1.54, 1.807) is 43.3 Å². The van der Waals surface area contributed by atoms with Crippen molar-refractivity contribution in [1.82, 2.24) is 19.9 Å². The molecule has 29 heavy (non-hydrogen) atoms. The minimum atomic E-state index is 0.000796. The van der Waals surface area contributed by atoms with Gasteiger partial charge in [-0.2, -0.15) is 0 Å². The molecule has 0 radical (unpaired) electrons. The van der Waals surface area contributed by atoms with E-state index in [-0.39, 0.29) is 11.8 Å². The van der Waals surface area contributed by atoms with Crippen molar-refractivity contribution < 1.29 is 18.8 Å². The van der Waals surface area contributed by atoms with Gasteiger partial charge in [-0.3, -0.25) is 14.5 Å². The highest BCUT2D eigenvalue weighted by atomic mass is 16.5. The van der Waals surface area contributed by atoms with Crippen LogP contribution in [-0.2, 0) is 11.4 Å². The number of hydrogen-bond acceptors (Lipinski definition) is 6. The molecule has 2 aromatic rings. The fourth-order valence-corrected chi connectivity index (χ4v) is 3.18. The number of piperazine rings is 1. The van der Waals surface area contributed by atoms with Crippen LogP contribution in [0.4, 0.5) is 0 Å². The van der Waals surface area contributed by atoms with Crippen LogP contribution < -0.4 is 4.74 Å². The first-order chi connectivity index (χ1) is 13.8. The van der Waals surface area contributed by atoms with Crippen molar-refractivity contribution in [1.29, 1.82) is 0 Å². The highest BCUT2D eigenvalue weighted by molar-refractivity contribution is 5.94. The maximum Gasteiger partial charge on any atom is 0.253 e. The molecule has 2 heterocycles. The molecule has 8 nitrogen and oxygen atoms in total. The van der Waals surface area contributed by atoms with Crippen LogP contribution in [0.15, 0.2) is 28.8 Å². The van der Waals surface area contributed by atoms with Crippen LogP contribution in [0, 0.1) is 13.8 Å². The summed E-state index contributed by atoms with van der Waals surface area (Å²) in [6, 6.07) is 7.18. The molecular formula is C21H28N4O4. The summed E-state index contributed by atoms with van der Waals surface area (Å²) in [6.07, 6.45) is 0. The minimum Gasteiger partial charge on any atom is -0.489 e. The van der Waals surface area contributed by atoms with Gasteiger partial charge in [0, 0.05) is 45.8 Å². The van der Waals surface area contributed by atoms with Gasteiger partial charge in [0.25, 0.3) is 5.91 Å². The lowest BCUT2D eigenvalue weighted by Crippen LogP contribution is -2.51. The second kappa shape index (κ2) is 9.09. The lowest BCUT2D eigenvalue weighted by atomic mass is 10.1. The number of hydrogen-bond donors (Lipinski definition) is 0. The van der Waals surface area contributed by atoms with E-state index >= 15 is 0 Å². The number of rotatable bonds is 6. The molecule has 1 aliphatic rings. The number of carbonyl (C=O) groups is 2. The summed E-state index contributed by atoms with van der Waals surface area (Å²) in [5, 5.41) is 3.92. The lowest BCUT2D eigenvalue weighted by molar-refractivity contribution is -0.130. The zero-order valence-electron chi connectivity index (χ0n) is 17.5. The first-order valence-corrected chi connectivity index (χ1v) is 9.71. The topological polar surface area (TPSA) is 79.1 Å². The van der Waals surface area contributed by atoms with Crippen molar-refractivity contribution in [3.63, 3.8) is 0 Å². The molecule has 1 aliphatic heterocycles. The number of ether oxygens (including phenoxy) is 1. The fourth-order valence-electron chi connectivity index (χ4n) is 3.18. The number of amides is 2. The maximum atomic E-state index is 12.8. The van der Waals surface area contributed by atoms with Crippen LogP contribution in [0.2, 0.25) is 0 Å². The van der Waals surface area contributed by atoms with Crippen LogP contribution in [0.5, 0.6) is 5.75 Å². The standard InChI is InChI=1S/C21H28N4O4/c1-15-19(16(2)29-22-15)14-28-18-7-5-17(6-8-18)21(27)25-11-9-24(10-12-25)13-20(26)23(3)4/h5-8H,9-14H2,1-4H3. The third kappa shape index (κ3) is 5.14. The molecule has 3 rings (SSSR count). The van der Waals surface area contributed by atoms with E-state index < -0.39 is 0 Å². The summed E-state index contributed by atoms with van der Waals surface area (Å²) in [7, 11) is 3.51. The Morgan fingerprint density at radius 1 is 1.10 bits per heavy atom. The molecule has 8 heteroatoms. The van der Waals surface area contributed by atoms with E-state index in [4.69, 9.17) is 9.26 Å². The Balaban J connectivity index is 1.51. The van der Waals surface area contributed by atoms with E-state index in [9.17, 15) is 9.59 Å². The number of aromatic nitrogens is 1. The molecule has 1 aromatic heterocycles. The van der Waals surface area contributed by atoms with Crippen molar-refractivity contribution in [3.8, 4) is 5.75 Å². The molecule has 156 valence electrons. The van der Waals surface area contributed by atoms with E-state index in [1.807, 2.05) is 18.7 Å². The third-order valence-corrected chi connectivity index (χ3v) is 5.18. The van der Waals surface area contributed by atoms with Gasteiger partial charge in [0.05, 0.1) is 17.8 Å². The van der Waals surface area contributed by atoms with E-state index in [0.717, 1.165) is 17.0 Å². The second-order valence-corrected chi connectivity index (χ2v) is 7.47. The number of nitrogens with zero attached hydrogens (tertiary/aromatic N) is 4. The van der Waals surface area contributed by atoms with Gasteiger partial charge in [-0.05, 0) is 38.1 Å². The maximum absolute atomic E-state index is 12.8. The predicted molar refractivity (Wildman–Crippen MR) is 108 cm³/mol. The Bertz CT molecular complexity index is 833. The van der Waals surface area contributed by atoms with Gasteiger partial charge in [-0.25, -0.2) is 0 Å². The van der Waals surface area contributed by atoms with Crippen LogP contribution in [0.3, 0.4) is 0 Å². The zero-order chi connectivity index (χ0) is 21.0. The Kier molecular flexibility index (Phi) is 6.53. The number of benzene rings is 1. The fraction of sp³-hybridized carbons (Fsp3) is 0.476. The summed E-state index contributed by atoms with van der Waals surface area (Å²) in [4.78, 5) is 30.1. The predicted octanol–water partition coefficient (Wildman–Crippen LogP) is 1.72. The van der Waals surface area contributed by atoms with Crippen molar-refractivity contribution in [2.24, 2.45) is 0 Å². The largest absolute Gasteiger partial charge is 0.489 e. The van der Waals surface area contributed by atoms with Gasteiger partial charge >= 0.3 is 0 Å². The van der Waals surface area contributed by atoms with Crippen LogP contribution in [-0.4, -0.2) is 78.5 Å². The normalized spacial score (nSPS) is 14.7. The average molecular weight is 400 g/mol. The van der Waals surface area contributed by atoms with E-state index in [0.29, 0.717) is 50.6 Å². The second-order valence-electron chi connectivity index (χ2n) is 7.47. The van der Waals surface area contributed by atoms with Gasteiger partial charge in [0.15, 0.2) is 0 Å². The lowest BCUT2D eigenvalue weighted by Gasteiger charge is -2.34. The summed E-state index contributed by atoms with van der Waals surface area (Å²) in [5.41, 5.74) is 2.39. The Morgan fingerprint density at radius 2 is 1.76 bits per heavy atom. The Labute approximate surface area is 171 Å². The highest BCUT2D eigenvalue weighted by Crippen LogP contribution is 2.19. The number of carbonyl (C=O) groups excluding carboxylic acids is 2. The van der Waals surface area contributed by atoms with Crippen molar-refractivity contribution in [3.05, 3.63) is 46.8 Å². The molecule has 2 amide bonds. The molecule has 0 atom stereocenters. The molecule has 1 fully saturated rings. The first-order valence-electron chi connectivity index (χ1n) is 9.71. The highest BCUT2D eigenvalue weighted by Gasteiger charge is 2.23. The average Bonchev–Trinajstić information content (AvgIpc) is 3.04. The molecule has 0 N–H and O–H groups in total. The van der Waals surface area contributed by atoms with Crippen molar-refractivity contribution >= 4 is 11.8 Å². The molecular weight excluding hydrogens is 372 g/mol. The third-order valence-electron chi connectivity index (χ3n) is 5.18. The van der Waals surface area contributed by atoms with Crippen LogP contribution >= 0.6 is 0 Å². The smallest absolute Gasteiger partial charge is 0.253 e. The summed E-state index contributed by atoms with van der Waals surface area (Å²) < 4.78 is 10.9. The molecule has 0 bridgehead atoms. The summed E-state index contributed by atoms with van der Waals surface area (Å²) in [6.45, 7) is 7.14. The van der Waals surface area contributed by atoms with Gasteiger partial charge in [-0.15, -0.1) is 0 Å². The monoisotopic (exact) mass is 400 g/mol. The molecule has 0 unspecified atom stereocenters. The Hall–Kier alpha value is -2.87. The van der Waals surface area contributed by atoms with Gasteiger partial charge in [-0.1, -0.05) is 5.16 Å². The van der Waals surface area contributed by atoms with Crippen LogP contribution in [0.25, 0.3) is 0 Å². The number of aryl methyl sites for hydroxylation is 2. The first kappa shape index (κ1) is 20.9. The van der Waals surface area contributed by atoms with Crippen LogP contribution in [0.1, 0.15) is 27.4 Å². The molecule has 0 spiro atoms.